The van der Waals surface area contributed by atoms with Gasteiger partial charge in [-0.15, -0.1) is 12.3 Å². The normalized spacial score (nSPS) is 13.6. The van der Waals surface area contributed by atoms with Crippen molar-refractivity contribution in [2.45, 2.75) is 43.7 Å². The number of terminal acetylenes is 1. The summed E-state index contributed by atoms with van der Waals surface area (Å²) >= 11 is 0. The molecule has 1 aliphatic carbocycles. The van der Waals surface area contributed by atoms with Gasteiger partial charge in [-0.3, -0.25) is 9.59 Å². The van der Waals surface area contributed by atoms with E-state index >= 15 is 0 Å². The van der Waals surface area contributed by atoms with Gasteiger partial charge in [0.2, 0.25) is 5.91 Å². The number of aliphatic carboxylic acids is 1. The summed E-state index contributed by atoms with van der Waals surface area (Å²) in [5, 5.41) is 23.8. The number of aliphatic hydroxyl groups is 1. The molecule has 0 spiro atoms. The Morgan fingerprint density at radius 3 is 2.24 bits per heavy atom. The van der Waals surface area contributed by atoms with Crippen LogP contribution >= 0.6 is 0 Å². The average Bonchev–Trinajstić information content (AvgIpc) is 3.16. The number of hydrogen-bond acceptors (Lipinski definition) is 5. The van der Waals surface area contributed by atoms with Crippen LogP contribution in [0.2, 0.25) is 0 Å². The zero-order valence-electron chi connectivity index (χ0n) is 18.7. The van der Waals surface area contributed by atoms with Crippen molar-refractivity contribution in [3.8, 4) is 23.5 Å². The molecule has 0 bridgehead atoms. The Balaban J connectivity index is 1.60. The van der Waals surface area contributed by atoms with E-state index in [1.165, 1.54) is 0 Å². The Bertz CT molecular complexity index is 1030. The summed E-state index contributed by atoms with van der Waals surface area (Å²) in [6.45, 7) is 0.00832. The van der Waals surface area contributed by atoms with Gasteiger partial charge in [0.1, 0.15) is 12.6 Å². The topological polar surface area (TPSA) is 125 Å². The maximum atomic E-state index is 12.5. The van der Waals surface area contributed by atoms with Crippen molar-refractivity contribution in [1.82, 2.24) is 10.6 Å². The molecule has 0 heterocycles. The summed E-state index contributed by atoms with van der Waals surface area (Å²) in [6, 6.07) is 14.7. The van der Waals surface area contributed by atoms with Crippen molar-refractivity contribution in [3.05, 3.63) is 59.7 Å². The number of rotatable bonds is 11. The van der Waals surface area contributed by atoms with E-state index in [4.69, 9.17) is 16.3 Å². The van der Waals surface area contributed by atoms with E-state index in [2.05, 4.69) is 16.6 Å². The van der Waals surface area contributed by atoms with Crippen molar-refractivity contribution in [1.29, 1.82) is 0 Å². The smallest absolute Gasteiger partial charge is 0.407 e. The molecule has 4 N–H and O–H groups in total. The lowest BCUT2D eigenvalue weighted by atomic mass is 9.98. The van der Waals surface area contributed by atoms with Crippen LogP contribution < -0.4 is 10.6 Å². The molecule has 1 aliphatic rings. The zero-order chi connectivity index (χ0) is 24.5. The highest BCUT2D eigenvalue weighted by atomic mass is 16.5. The van der Waals surface area contributed by atoms with Gasteiger partial charge in [0.25, 0.3) is 0 Å². The molecule has 3 rings (SSSR count). The predicted octanol–water partition coefficient (Wildman–Crippen LogP) is 2.65. The summed E-state index contributed by atoms with van der Waals surface area (Å²) in [5.41, 5.74) is 4.29. The fraction of sp³-hybridized carbons (Fsp3) is 0.346. The number of nitrogens with one attached hydrogen (secondary N) is 2. The number of carboxylic acid groups (broad SMARTS) is 1. The number of fused-ring (bicyclic) bond motifs is 3. The Morgan fingerprint density at radius 1 is 1.03 bits per heavy atom. The first-order valence-corrected chi connectivity index (χ1v) is 11.1. The molecule has 0 fully saturated rings. The molecule has 2 atom stereocenters. The number of ether oxygens (including phenoxy) is 1. The van der Waals surface area contributed by atoms with E-state index in [0.717, 1.165) is 22.3 Å². The first kappa shape index (κ1) is 24.8. The number of amides is 2. The molecule has 178 valence electrons. The lowest BCUT2D eigenvalue weighted by Crippen LogP contribution is -2.48. The van der Waals surface area contributed by atoms with Gasteiger partial charge in [0.15, 0.2) is 0 Å². The number of hydrogen-bond donors (Lipinski definition) is 4. The molecule has 2 amide bonds. The summed E-state index contributed by atoms with van der Waals surface area (Å²) < 4.78 is 5.46. The van der Waals surface area contributed by atoms with E-state index < -0.39 is 30.1 Å². The molecule has 0 aromatic heterocycles. The molecule has 0 radical (unpaired) electrons. The van der Waals surface area contributed by atoms with Crippen molar-refractivity contribution in [2.75, 3.05) is 13.2 Å². The fourth-order valence-electron chi connectivity index (χ4n) is 4.01. The van der Waals surface area contributed by atoms with Gasteiger partial charge < -0.3 is 25.6 Å². The van der Waals surface area contributed by atoms with Crippen molar-refractivity contribution in [2.24, 2.45) is 0 Å². The second-order valence-electron chi connectivity index (χ2n) is 8.10. The van der Waals surface area contributed by atoms with Gasteiger partial charge in [-0.2, -0.15) is 0 Å². The third-order valence-electron chi connectivity index (χ3n) is 5.73. The van der Waals surface area contributed by atoms with Crippen molar-refractivity contribution in [3.63, 3.8) is 0 Å². The van der Waals surface area contributed by atoms with Gasteiger partial charge in [-0.05, 0) is 35.1 Å². The van der Waals surface area contributed by atoms with Crippen LogP contribution in [-0.2, 0) is 14.3 Å². The molecule has 0 saturated heterocycles. The molecule has 0 saturated carbocycles. The van der Waals surface area contributed by atoms with E-state index in [-0.39, 0.29) is 31.9 Å². The van der Waals surface area contributed by atoms with E-state index in [0.29, 0.717) is 12.8 Å². The van der Waals surface area contributed by atoms with Crippen molar-refractivity contribution >= 4 is 18.0 Å². The molecule has 0 aliphatic heterocycles. The summed E-state index contributed by atoms with van der Waals surface area (Å²) in [5.74, 6) is 0.565. The third-order valence-corrected chi connectivity index (χ3v) is 5.73. The Morgan fingerprint density at radius 2 is 1.65 bits per heavy atom. The molecule has 8 nitrogen and oxygen atoms in total. The summed E-state index contributed by atoms with van der Waals surface area (Å²) in [4.78, 5) is 36.1. The Kier molecular flexibility index (Phi) is 8.66. The molecular formula is C26H28N2O6. The van der Waals surface area contributed by atoms with Crippen LogP contribution in [0.4, 0.5) is 4.79 Å². The van der Waals surface area contributed by atoms with Crippen LogP contribution in [0, 0.1) is 12.3 Å². The highest BCUT2D eigenvalue weighted by Crippen LogP contribution is 2.44. The fourth-order valence-corrected chi connectivity index (χ4v) is 4.01. The van der Waals surface area contributed by atoms with E-state index in [1.807, 2.05) is 48.5 Å². The number of benzene rings is 2. The molecule has 34 heavy (non-hydrogen) atoms. The number of aliphatic hydroxyl groups excluding tert-OH is 1. The van der Waals surface area contributed by atoms with Crippen LogP contribution in [0.5, 0.6) is 0 Å². The monoisotopic (exact) mass is 464 g/mol. The number of carbonyl (C=O) groups excluding carboxylic acids is 2. The maximum absolute atomic E-state index is 12.5. The quantitative estimate of drug-likeness (QED) is 0.379. The first-order valence-electron chi connectivity index (χ1n) is 11.1. The van der Waals surface area contributed by atoms with Gasteiger partial charge in [0, 0.05) is 25.3 Å². The predicted molar refractivity (Wildman–Crippen MR) is 126 cm³/mol. The Labute approximate surface area is 198 Å². The van der Waals surface area contributed by atoms with Gasteiger partial charge in [-0.25, -0.2) is 4.79 Å². The molecule has 2 unspecified atom stereocenters. The summed E-state index contributed by atoms with van der Waals surface area (Å²) in [6.07, 6.45) is 3.74. The first-order chi connectivity index (χ1) is 16.4. The van der Waals surface area contributed by atoms with Gasteiger partial charge in [0.05, 0.1) is 6.10 Å². The second-order valence-corrected chi connectivity index (χ2v) is 8.10. The molecule has 8 heteroatoms. The largest absolute Gasteiger partial charge is 0.481 e. The number of carbonyl (C=O) groups is 3. The number of alkyl carbamates (subject to hydrolysis) is 1. The minimum absolute atomic E-state index is 0.0591. The van der Waals surface area contributed by atoms with Crippen LogP contribution in [0.15, 0.2) is 48.5 Å². The third kappa shape index (κ3) is 6.36. The highest BCUT2D eigenvalue weighted by Gasteiger charge is 2.30. The van der Waals surface area contributed by atoms with Crippen molar-refractivity contribution < 1.29 is 29.3 Å². The minimum atomic E-state index is -1.12. The Hall–Kier alpha value is -3.83. The SMILES string of the molecule is C#CCCC(O)CNC(=O)C(CCC(=O)O)NC(=O)OCC1c2ccccc2-c2ccccc21. The zero-order valence-corrected chi connectivity index (χ0v) is 18.7. The minimum Gasteiger partial charge on any atom is -0.481 e. The lowest BCUT2D eigenvalue weighted by Gasteiger charge is -2.20. The molecular weight excluding hydrogens is 436 g/mol. The standard InChI is InChI=1S/C26H28N2O6/c1-2-3-8-17(29)15-27-25(32)23(13-14-24(30)31)28-26(33)34-16-22-20-11-6-4-9-18(20)19-10-5-7-12-21(19)22/h1,4-7,9-12,17,22-23,29H,3,8,13-16H2,(H,27,32)(H,28,33)(H,30,31). The van der Waals surface area contributed by atoms with Gasteiger partial charge in [-0.1, -0.05) is 48.5 Å². The van der Waals surface area contributed by atoms with Gasteiger partial charge >= 0.3 is 12.1 Å². The van der Waals surface area contributed by atoms with Crippen LogP contribution in [0.25, 0.3) is 11.1 Å². The lowest BCUT2D eigenvalue weighted by molar-refractivity contribution is -0.137. The second kappa shape index (κ2) is 11.9. The molecule has 2 aromatic rings. The van der Waals surface area contributed by atoms with E-state index in [9.17, 15) is 19.5 Å². The number of carboxylic acids is 1. The summed E-state index contributed by atoms with van der Waals surface area (Å²) in [7, 11) is 0. The van der Waals surface area contributed by atoms with E-state index in [1.54, 1.807) is 0 Å². The maximum Gasteiger partial charge on any atom is 0.407 e. The van der Waals surface area contributed by atoms with Crippen LogP contribution in [0.1, 0.15) is 42.7 Å². The average molecular weight is 465 g/mol. The molecule has 2 aromatic carbocycles. The van der Waals surface area contributed by atoms with Crippen LogP contribution in [0.3, 0.4) is 0 Å². The van der Waals surface area contributed by atoms with Crippen LogP contribution in [-0.4, -0.2) is 53.5 Å². The highest BCUT2D eigenvalue weighted by molar-refractivity contribution is 5.86.